The van der Waals surface area contributed by atoms with Crippen molar-refractivity contribution < 1.29 is 4.39 Å². The van der Waals surface area contributed by atoms with Crippen LogP contribution in [-0.2, 0) is 6.54 Å². The van der Waals surface area contributed by atoms with Crippen molar-refractivity contribution in [2.45, 2.75) is 12.6 Å². The van der Waals surface area contributed by atoms with Crippen LogP contribution in [0.15, 0.2) is 36.4 Å². The fraction of sp³-hybridized carbons (Fsp3) is 0.200. The highest BCUT2D eigenvalue weighted by molar-refractivity contribution is 6.42. The predicted molar refractivity (Wildman–Crippen MR) is 80.8 cm³/mol. The van der Waals surface area contributed by atoms with Gasteiger partial charge in [-0.2, -0.15) is 0 Å². The van der Waals surface area contributed by atoms with Gasteiger partial charge in [-0.25, -0.2) is 4.39 Å². The molecule has 0 radical (unpaired) electrons. The Labute approximate surface area is 126 Å². The van der Waals surface area contributed by atoms with Crippen LogP contribution >= 0.6 is 23.2 Å². The largest absolute Gasteiger partial charge is 0.365 e. The van der Waals surface area contributed by atoms with Crippen LogP contribution in [0, 0.1) is 5.82 Å². The van der Waals surface area contributed by atoms with Crippen molar-refractivity contribution in [1.29, 1.82) is 0 Å². The lowest BCUT2D eigenvalue weighted by Crippen LogP contribution is -2.23. The minimum Gasteiger partial charge on any atom is -0.365 e. The maximum atomic E-state index is 13.3. The fourth-order valence-electron chi connectivity index (χ4n) is 2.55. The molecule has 0 amide bonds. The number of nitrogens with two attached hydrogens (primary N) is 1. The van der Waals surface area contributed by atoms with E-state index < -0.39 is 0 Å². The topological polar surface area (TPSA) is 29.3 Å². The van der Waals surface area contributed by atoms with Gasteiger partial charge in [-0.05, 0) is 41.5 Å². The molecule has 20 heavy (non-hydrogen) atoms. The van der Waals surface area contributed by atoms with E-state index >= 15 is 0 Å². The molecule has 104 valence electrons. The SMILES string of the molecule is N[C@H]1CN(Cc2ccc(Cl)c(Cl)c2)c2ccc(F)cc21. The van der Waals surface area contributed by atoms with Gasteiger partial charge in [-0.1, -0.05) is 29.3 Å². The number of benzene rings is 2. The summed E-state index contributed by atoms with van der Waals surface area (Å²) in [6, 6.07) is 10.1. The van der Waals surface area contributed by atoms with Crippen molar-refractivity contribution in [3.63, 3.8) is 0 Å². The number of hydrogen-bond acceptors (Lipinski definition) is 2. The molecule has 1 heterocycles. The molecule has 0 fully saturated rings. The molecule has 0 bridgehead atoms. The summed E-state index contributed by atoms with van der Waals surface area (Å²) < 4.78 is 13.3. The molecule has 3 rings (SSSR count). The summed E-state index contributed by atoms with van der Waals surface area (Å²) >= 11 is 11.9. The third-order valence-electron chi connectivity index (χ3n) is 3.50. The third-order valence-corrected chi connectivity index (χ3v) is 4.24. The number of rotatable bonds is 2. The second-order valence-electron chi connectivity index (χ2n) is 4.94. The van der Waals surface area contributed by atoms with E-state index in [0.717, 1.165) is 16.8 Å². The normalized spacial score (nSPS) is 17.4. The van der Waals surface area contributed by atoms with Crippen molar-refractivity contribution in [3.8, 4) is 0 Å². The molecule has 0 aliphatic carbocycles. The lowest BCUT2D eigenvalue weighted by atomic mass is 10.1. The first-order chi connectivity index (χ1) is 9.54. The molecule has 0 aromatic heterocycles. The molecule has 0 unspecified atom stereocenters. The zero-order valence-corrected chi connectivity index (χ0v) is 12.1. The van der Waals surface area contributed by atoms with Gasteiger partial charge in [-0.15, -0.1) is 0 Å². The van der Waals surface area contributed by atoms with Gasteiger partial charge < -0.3 is 10.6 Å². The Morgan fingerprint density at radius 1 is 1.15 bits per heavy atom. The smallest absolute Gasteiger partial charge is 0.123 e. The van der Waals surface area contributed by atoms with Crippen molar-refractivity contribution in [2.24, 2.45) is 5.73 Å². The van der Waals surface area contributed by atoms with Gasteiger partial charge in [0.25, 0.3) is 0 Å². The van der Waals surface area contributed by atoms with Crippen LogP contribution in [0.5, 0.6) is 0 Å². The zero-order valence-electron chi connectivity index (χ0n) is 10.6. The summed E-state index contributed by atoms with van der Waals surface area (Å²) in [7, 11) is 0. The Kier molecular flexibility index (Phi) is 3.59. The van der Waals surface area contributed by atoms with Crippen LogP contribution in [0.4, 0.5) is 10.1 Å². The summed E-state index contributed by atoms with van der Waals surface area (Å²) in [5, 5.41) is 1.07. The van der Waals surface area contributed by atoms with Gasteiger partial charge in [0.05, 0.1) is 10.0 Å². The maximum Gasteiger partial charge on any atom is 0.123 e. The molecule has 0 saturated carbocycles. The van der Waals surface area contributed by atoms with E-state index in [-0.39, 0.29) is 11.9 Å². The Bertz CT molecular complexity index is 660. The van der Waals surface area contributed by atoms with Crippen molar-refractivity contribution in [3.05, 3.63) is 63.4 Å². The Morgan fingerprint density at radius 2 is 1.95 bits per heavy atom. The average Bonchev–Trinajstić information content (AvgIpc) is 2.70. The van der Waals surface area contributed by atoms with E-state index in [4.69, 9.17) is 28.9 Å². The van der Waals surface area contributed by atoms with Crippen molar-refractivity contribution >= 4 is 28.9 Å². The molecule has 2 nitrogen and oxygen atoms in total. The lowest BCUT2D eigenvalue weighted by Gasteiger charge is -2.20. The second-order valence-corrected chi connectivity index (χ2v) is 5.75. The van der Waals surface area contributed by atoms with Gasteiger partial charge in [0.2, 0.25) is 0 Å². The average molecular weight is 311 g/mol. The van der Waals surface area contributed by atoms with Crippen LogP contribution in [-0.4, -0.2) is 6.54 Å². The van der Waals surface area contributed by atoms with E-state index in [9.17, 15) is 4.39 Å². The molecule has 0 saturated heterocycles. The predicted octanol–water partition coefficient (Wildman–Crippen LogP) is 4.15. The first kappa shape index (κ1) is 13.7. The van der Waals surface area contributed by atoms with E-state index in [1.54, 1.807) is 12.1 Å². The Hall–Kier alpha value is -1.29. The lowest BCUT2D eigenvalue weighted by molar-refractivity contribution is 0.624. The highest BCUT2D eigenvalue weighted by Gasteiger charge is 2.26. The number of anilines is 1. The van der Waals surface area contributed by atoms with Crippen LogP contribution in [0.3, 0.4) is 0 Å². The van der Waals surface area contributed by atoms with Crippen LogP contribution < -0.4 is 10.6 Å². The van der Waals surface area contributed by atoms with E-state index in [1.807, 2.05) is 12.1 Å². The van der Waals surface area contributed by atoms with Crippen LogP contribution in [0.25, 0.3) is 0 Å². The molecule has 1 aliphatic rings. The first-order valence-corrected chi connectivity index (χ1v) is 7.04. The van der Waals surface area contributed by atoms with E-state index in [2.05, 4.69) is 4.90 Å². The maximum absolute atomic E-state index is 13.3. The van der Waals surface area contributed by atoms with E-state index in [0.29, 0.717) is 23.1 Å². The van der Waals surface area contributed by atoms with Gasteiger partial charge >= 0.3 is 0 Å². The highest BCUT2D eigenvalue weighted by atomic mass is 35.5. The molecule has 5 heteroatoms. The highest BCUT2D eigenvalue weighted by Crippen LogP contribution is 2.35. The standard InChI is InChI=1S/C15H13Cl2FN2/c16-12-3-1-9(5-13(12)17)7-20-8-14(19)11-6-10(18)2-4-15(11)20/h1-6,14H,7-8,19H2/t14-/m0/s1. The number of halogens is 3. The fourth-order valence-corrected chi connectivity index (χ4v) is 2.87. The molecular weight excluding hydrogens is 298 g/mol. The second kappa shape index (κ2) is 5.24. The Morgan fingerprint density at radius 3 is 2.70 bits per heavy atom. The molecule has 2 N–H and O–H groups in total. The van der Waals surface area contributed by atoms with Crippen LogP contribution in [0.1, 0.15) is 17.2 Å². The summed E-state index contributed by atoms with van der Waals surface area (Å²) in [6.45, 7) is 1.34. The molecule has 1 atom stereocenters. The molecule has 2 aromatic rings. The third kappa shape index (κ3) is 2.49. The van der Waals surface area contributed by atoms with Crippen molar-refractivity contribution in [2.75, 3.05) is 11.4 Å². The molecule has 2 aromatic carbocycles. The molecular formula is C15H13Cl2FN2. The van der Waals surface area contributed by atoms with Gasteiger partial charge in [0.15, 0.2) is 0 Å². The van der Waals surface area contributed by atoms with Crippen molar-refractivity contribution in [1.82, 2.24) is 0 Å². The summed E-state index contributed by atoms with van der Waals surface area (Å²) in [5.41, 5.74) is 8.93. The minimum absolute atomic E-state index is 0.163. The number of hydrogen-bond donors (Lipinski definition) is 1. The monoisotopic (exact) mass is 310 g/mol. The minimum atomic E-state index is -0.254. The summed E-state index contributed by atoms with van der Waals surface area (Å²) in [6.07, 6.45) is 0. The summed E-state index contributed by atoms with van der Waals surface area (Å²) in [4.78, 5) is 2.12. The first-order valence-electron chi connectivity index (χ1n) is 6.28. The van der Waals surface area contributed by atoms with E-state index in [1.165, 1.54) is 12.1 Å². The van der Waals surface area contributed by atoms with Crippen LogP contribution in [0.2, 0.25) is 10.0 Å². The zero-order chi connectivity index (χ0) is 14.3. The molecule has 0 spiro atoms. The van der Waals surface area contributed by atoms with Gasteiger partial charge in [0.1, 0.15) is 5.82 Å². The Balaban J connectivity index is 1.88. The summed E-state index contributed by atoms with van der Waals surface area (Å²) in [5.74, 6) is -0.254. The number of nitrogens with zero attached hydrogens (tertiary/aromatic N) is 1. The van der Waals surface area contributed by atoms with Gasteiger partial charge in [0, 0.05) is 24.8 Å². The van der Waals surface area contributed by atoms with Gasteiger partial charge in [-0.3, -0.25) is 0 Å². The number of fused-ring (bicyclic) bond motifs is 1. The molecule has 1 aliphatic heterocycles. The quantitative estimate of drug-likeness (QED) is 0.902.